The normalized spacial score (nSPS) is 16.1. The SMILES string of the molecule is CC1(C)CNc2cc(CCCCC(=O)O)ccc2O1. The Morgan fingerprint density at radius 2 is 2.21 bits per heavy atom. The standard InChI is InChI=1S/C15H21NO3/c1-15(2)10-16-12-9-11(7-8-13(12)19-15)5-3-4-6-14(17)18/h7-9,16H,3-6,10H2,1-2H3,(H,17,18). The number of unbranched alkanes of at least 4 members (excludes halogenated alkanes) is 1. The molecule has 1 aromatic carbocycles. The van der Waals surface area contributed by atoms with E-state index < -0.39 is 5.97 Å². The lowest BCUT2D eigenvalue weighted by Crippen LogP contribution is -2.40. The number of aliphatic carboxylic acids is 1. The Morgan fingerprint density at radius 1 is 1.42 bits per heavy atom. The third-order valence-electron chi connectivity index (χ3n) is 3.24. The molecule has 0 saturated carbocycles. The molecule has 0 unspecified atom stereocenters. The van der Waals surface area contributed by atoms with E-state index in [1.807, 2.05) is 6.07 Å². The fourth-order valence-corrected chi connectivity index (χ4v) is 2.21. The lowest BCUT2D eigenvalue weighted by molar-refractivity contribution is -0.137. The van der Waals surface area contributed by atoms with E-state index in [0.29, 0.717) is 0 Å². The zero-order chi connectivity index (χ0) is 13.9. The number of carboxylic acid groups (broad SMARTS) is 1. The van der Waals surface area contributed by atoms with E-state index >= 15 is 0 Å². The van der Waals surface area contributed by atoms with Crippen molar-refractivity contribution in [2.75, 3.05) is 11.9 Å². The second-order valence-corrected chi connectivity index (χ2v) is 5.65. The van der Waals surface area contributed by atoms with Crippen molar-refractivity contribution in [1.82, 2.24) is 0 Å². The van der Waals surface area contributed by atoms with Gasteiger partial charge < -0.3 is 15.2 Å². The van der Waals surface area contributed by atoms with E-state index in [4.69, 9.17) is 9.84 Å². The molecular weight excluding hydrogens is 242 g/mol. The Kier molecular flexibility index (Phi) is 3.98. The summed E-state index contributed by atoms with van der Waals surface area (Å²) in [6, 6.07) is 6.16. The van der Waals surface area contributed by atoms with E-state index in [2.05, 4.69) is 31.3 Å². The Hall–Kier alpha value is -1.71. The molecule has 1 aromatic rings. The van der Waals surface area contributed by atoms with Crippen LogP contribution in [0.3, 0.4) is 0 Å². The average Bonchev–Trinajstić information content (AvgIpc) is 2.33. The molecule has 104 valence electrons. The van der Waals surface area contributed by atoms with Gasteiger partial charge in [-0.2, -0.15) is 0 Å². The van der Waals surface area contributed by atoms with Crippen LogP contribution in [0.15, 0.2) is 18.2 Å². The molecule has 1 aliphatic rings. The molecule has 19 heavy (non-hydrogen) atoms. The second-order valence-electron chi connectivity index (χ2n) is 5.65. The van der Waals surface area contributed by atoms with E-state index in [1.54, 1.807) is 0 Å². The smallest absolute Gasteiger partial charge is 0.303 e. The summed E-state index contributed by atoms with van der Waals surface area (Å²) in [5.74, 6) is 0.174. The molecule has 0 radical (unpaired) electrons. The van der Waals surface area contributed by atoms with Crippen LogP contribution in [0.4, 0.5) is 5.69 Å². The summed E-state index contributed by atoms with van der Waals surface area (Å²) in [6.07, 6.45) is 2.78. The molecule has 1 heterocycles. The van der Waals surface area contributed by atoms with Gasteiger partial charge in [-0.15, -0.1) is 0 Å². The number of benzene rings is 1. The Bertz CT molecular complexity index is 468. The first-order valence-electron chi connectivity index (χ1n) is 6.74. The maximum atomic E-state index is 10.4. The maximum absolute atomic E-state index is 10.4. The van der Waals surface area contributed by atoms with Gasteiger partial charge >= 0.3 is 5.97 Å². The third kappa shape index (κ3) is 3.88. The molecular formula is C15H21NO3. The molecule has 0 aliphatic carbocycles. The van der Waals surface area contributed by atoms with E-state index in [9.17, 15) is 4.79 Å². The molecule has 0 amide bonds. The van der Waals surface area contributed by atoms with Gasteiger partial charge in [-0.25, -0.2) is 0 Å². The number of carbonyl (C=O) groups is 1. The number of anilines is 1. The fraction of sp³-hybridized carbons (Fsp3) is 0.533. The highest BCUT2D eigenvalue weighted by molar-refractivity contribution is 5.66. The Labute approximate surface area is 113 Å². The van der Waals surface area contributed by atoms with Crippen molar-refractivity contribution in [2.24, 2.45) is 0 Å². The zero-order valence-corrected chi connectivity index (χ0v) is 11.5. The minimum atomic E-state index is -0.720. The van der Waals surface area contributed by atoms with E-state index in [1.165, 1.54) is 5.56 Å². The van der Waals surface area contributed by atoms with Crippen molar-refractivity contribution < 1.29 is 14.6 Å². The third-order valence-corrected chi connectivity index (χ3v) is 3.24. The van der Waals surface area contributed by atoms with Gasteiger partial charge in [0.2, 0.25) is 0 Å². The molecule has 0 bridgehead atoms. The topological polar surface area (TPSA) is 58.6 Å². The van der Waals surface area contributed by atoms with Crippen LogP contribution in [0.2, 0.25) is 0 Å². The van der Waals surface area contributed by atoms with Gasteiger partial charge in [0.05, 0.1) is 12.2 Å². The van der Waals surface area contributed by atoms with E-state index in [-0.39, 0.29) is 12.0 Å². The second kappa shape index (κ2) is 5.51. The van der Waals surface area contributed by atoms with Gasteiger partial charge in [0.15, 0.2) is 0 Å². The van der Waals surface area contributed by atoms with Crippen LogP contribution in [0.25, 0.3) is 0 Å². The lowest BCUT2D eigenvalue weighted by Gasteiger charge is -2.33. The number of rotatable bonds is 5. The van der Waals surface area contributed by atoms with Gasteiger partial charge in [-0.1, -0.05) is 6.07 Å². The van der Waals surface area contributed by atoms with Crippen LogP contribution in [0.5, 0.6) is 5.75 Å². The average molecular weight is 263 g/mol. The number of carboxylic acids is 1. The molecule has 0 saturated heterocycles. The first kappa shape index (κ1) is 13.7. The summed E-state index contributed by atoms with van der Waals surface area (Å²) < 4.78 is 5.89. The fourth-order valence-electron chi connectivity index (χ4n) is 2.21. The van der Waals surface area contributed by atoms with Gasteiger partial charge in [0.25, 0.3) is 0 Å². The highest BCUT2D eigenvalue weighted by Crippen LogP contribution is 2.33. The molecule has 0 fully saturated rings. The zero-order valence-electron chi connectivity index (χ0n) is 11.5. The molecule has 0 aromatic heterocycles. The summed E-state index contributed by atoms with van der Waals surface area (Å²) in [7, 11) is 0. The van der Waals surface area contributed by atoms with Crippen LogP contribution in [-0.2, 0) is 11.2 Å². The minimum absolute atomic E-state index is 0.171. The highest BCUT2D eigenvalue weighted by atomic mass is 16.5. The number of ether oxygens (including phenoxy) is 1. The van der Waals surface area contributed by atoms with Crippen molar-refractivity contribution in [2.45, 2.75) is 45.1 Å². The van der Waals surface area contributed by atoms with Crippen LogP contribution in [0.1, 0.15) is 38.7 Å². The molecule has 4 heteroatoms. The summed E-state index contributed by atoms with van der Waals surface area (Å²) in [4.78, 5) is 10.4. The monoisotopic (exact) mass is 263 g/mol. The number of fused-ring (bicyclic) bond motifs is 1. The summed E-state index contributed by atoms with van der Waals surface area (Å²) >= 11 is 0. The van der Waals surface area contributed by atoms with Crippen LogP contribution >= 0.6 is 0 Å². The van der Waals surface area contributed by atoms with Gasteiger partial charge in [-0.05, 0) is 50.8 Å². The summed E-state index contributed by atoms with van der Waals surface area (Å²) in [5.41, 5.74) is 2.09. The Morgan fingerprint density at radius 3 is 2.95 bits per heavy atom. The first-order chi connectivity index (χ1) is 8.96. The maximum Gasteiger partial charge on any atom is 0.303 e. The van der Waals surface area contributed by atoms with Crippen molar-refractivity contribution in [3.63, 3.8) is 0 Å². The highest BCUT2D eigenvalue weighted by Gasteiger charge is 2.25. The summed E-state index contributed by atoms with van der Waals surface area (Å²) in [5, 5.41) is 12.0. The van der Waals surface area contributed by atoms with Crippen molar-refractivity contribution in [3.8, 4) is 5.75 Å². The van der Waals surface area contributed by atoms with Gasteiger partial charge in [-0.3, -0.25) is 4.79 Å². The van der Waals surface area contributed by atoms with Crippen LogP contribution in [0, 0.1) is 0 Å². The molecule has 4 nitrogen and oxygen atoms in total. The van der Waals surface area contributed by atoms with Crippen molar-refractivity contribution in [1.29, 1.82) is 0 Å². The quantitative estimate of drug-likeness (QED) is 0.802. The molecule has 2 N–H and O–H groups in total. The number of hydrogen-bond donors (Lipinski definition) is 2. The van der Waals surface area contributed by atoms with Crippen molar-refractivity contribution in [3.05, 3.63) is 23.8 Å². The van der Waals surface area contributed by atoms with Crippen LogP contribution < -0.4 is 10.1 Å². The predicted octanol–water partition coefficient (Wildman–Crippen LogP) is 3.07. The number of hydrogen-bond acceptors (Lipinski definition) is 3. The molecule has 1 aliphatic heterocycles. The van der Waals surface area contributed by atoms with E-state index in [0.717, 1.165) is 37.2 Å². The van der Waals surface area contributed by atoms with Crippen molar-refractivity contribution >= 4 is 11.7 Å². The van der Waals surface area contributed by atoms with Gasteiger partial charge in [0.1, 0.15) is 11.4 Å². The lowest BCUT2D eigenvalue weighted by atomic mass is 10.0. The molecule has 0 spiro atoms. The minimum Gasteiger partial charge on any atom is -0.484 e. The first-order valence-corrected chi connectivity index (χ1v) is 6.74. The molecule has 0 atom stereocenters. The summed E-state index contributed by atoms with van der Waals surface area (Å²) in [6.45, 7) is 4.91. The number of nitrogens with one attached hydrogen (secondary N) is 1. The van der Waals surface area contributed by atoms with Crippen LogP contribution in [-0.4, -0.2) is 23.2 Å². The number of aryl methyl sites for hydroxylation is 1. The predicted molar refractivity (Wildman–Crippen MR) is 74.8 cm³/mol. The molecule has 2 rings (SSSR count). The van der Waals surface area contributed by atoms with Gasteiger partial charge in [0, 0.05) is 6.42 Å². The largest absolute Gasteiger partial charge is 0.484 e. The Balaban J connectivity index is 1.93.